The molecular formula is C17H31ClO. The Bertz CT molecular complexity index is 240. The molecule has 2 fully saturated rings. The summed E-state index contributed by atoms with van der Waals surface area (Å²) in [5, 5.41) is 0. The van der Waals surface area contributed by atoms with E-state index in [4.69, 9.17) is 16.3 Å². The van der Waals surface area contributed by atoms with Gasteiger partial charge in [0, 0.05) is 19.1 Å². The van der Waals surface area contributed by atoms with E-state index in [1.165, 1.54) is 64.2 Å². The standard InChI is InChI=1S/C17H31ClO/c1-2-3-4-15-5-9-17(14-18,10-6-15)13-16-7-11-19-12-8-16/h15-16H,2-14H2,1H3. The van der Waals surface area contributed by atoms with Gasteiger partial charge >= 0.3 is 0 Å². The fourth-order valence-electron chi connectivity index (χ4n) is 4.03. The first-order valence-electron chi connectivity index (χ1n) is 8.42. The highest BCUT2D eigenvalue weighted by molar-refractivity contribution is 6.18. The molecule has 1 aliphatic heterocycles. The summed E-state index contributed by atoms with van der Waals surface area (Å²) in [5.74, 6) is 2.75. The molecule has 0 radical (unpaired) electrons. The minimum absolute atomic E-state index is 0.465. The van der Waals surface area contributed by atoms with Crippen LogP contribution in [0.1, 0.15) is 71.1 Å². The van der Waals surface area contributed by atoms with E-state index in [-0.39, 0.29) is 0 Å². The molecule has 1 aliphatic carbocycles. The zero-order valence-electron chi connectivity index (χ0n) is 12.6. The Morgan fingerprint density at radius 2 is 1.74 bits per heavy atom. The van der Waals surface area contributed by atoms with E-state index in [9.17, 15) is 0 Å². The largest absolute Gasteiger partial charge is 0.381 e. The highest BCUT2D eigenvalue weighted by Crippen LogP contribution is 2.46. The van der Waals surface area contributed by atoms with Crippen molar-refractivity contribution in [2.45, 2.75) is 71.1 Å². The van der Waals surface area contributed by atoms with Crippen LogP contribution < -0.4 is 0 Å². The first-order chi connectivity index (χ1) is 9.28. The lowest BCUT2D eigenvalue weighted by atomic mass is 9.66. The Morgan fingerprint density at radius 1 is 1.05 bits per heavy atom. The molecule has 0 spiro atoms. The third-order valence-electron chi connectivity index (χ3n) is 5.48. The molecule has 1 heterocycles. The zero-order valence-corrected chi connectivity index (χ0v) is 13.4. The van der Waals surface area contributed by atoms with Gasteiger partial charge in [-0.15, -0.1) is 11.6 Å². The molecule has 0 N–H and O–H groups in total. The van der Waals surface area contributed by atoms with Crippen LogP contribution in [0, 0.1) is 17.3 Å². The molecular weight excluding hydrogens is 256 g/mol. The maximum absolute atomic E-state index is 6.38. The monoisotopic (exact) mass is 286 g/mol. The number of alkyl halides is 1. The van der Waals surface area contributed by atoms with Gasteiger partial charge in [0.05, 0.1) is 0 Å². The molecule has 1 saturated heterocycles. The number of hydrogen-bond donors (Lipinski definition) is 0. The van der Waals surface area contributed by atoms with Crippen molar-refractivity contribution in [1.82, 2.24) is 0 Å². The summed E-state index contributed by atoms with van der Waals surface area (Å²) < 4.78 is 5.48. The molecule has 0 aromatic rings. The van der Waals surface area contributed by atoms with Crippen LogP contribution >= 0.6 is 11.6 Å². The van der Waals surface area contributed by atoms with Crippen LogP contribution in [0.4, 0.5) is 0 Å². The van der Waals surface area contributed by atoms with Crippen LogP contribution in [0.25, 0.3) is 0 Å². The van der Waals surface area contributed by atoms with Crippen LogP contribution in [0.5, 0.6) is 0 Å². The smallest absolute Gasteiger partial charge is 0.0468 e. The van der Waals surface area contributed by atoms with Crippen molar-refractivity contribution >= 4 is 11.6 Å². The Hall–Kier alpha value is 0.250. The number of unbranched alkanes of at least 4 members (excludes halogenated alkanes) is 1. The molecule has 2 heteroatoms. The van der Waals surface area contributed by atoms with Gasteiger partial charge in [-0.25, -0.2) is 0 Å². The lowest BCUT2D eigenvalue weighted by Crippen LogP contribution is -2.33. The van der Waals surface area contributed by atoms with Crippen LogP contribution in [-0.4, -0.2) is 19.1 Å². The summed E-state index contributed by atoms with van der Waals surface area (Å²) in [7, 11) is 0. The predicted octanol–water partition coefficient (Wildman–Crippen LogP) is 5.41. The van der Waals surface area contributed by atoms with Gasteiger partial charge in [-0.1, -0.05) is 26.2 Å². The van der Waals surface area contributed by atoms with E-state index >= 15 is 0 Å². The molecule has 0 aromatic heterocycles. The third-order valence-corrected chi connectivity index (χ3v) is 6.04. The van der Waals surface area contributed by atoms with Crippen LogP contribution in [-0.2, 0) is 4.74 Å². The van der Waals surface area contributed by atoms with E-state index < -0.39 is 0 Å². The van der Waals surface area contributed by atoms with Crippen LogP contribution in [0.15, 0.2) is 0 Å². The van der Waals surface area contributed by atoms with Gasteiger partial charge < -0.3 is 4.74 Å². The molecule has 112 valence electrons. The second-order valence-corrected chi connectivity index (χ2v) is 7.25. The Morgan fingerprint density at radius 3 is 2.32 bits per heavy atom. The Kier molecular flexibility index (Phi) is 6.49. The van der Waals surface area contributed by atoms with E-state index in [1.807, 2.05) is 0 Å². The molecule has 19 heavy (non-hydrogen) atoms. The van der Waals surface area contributed by atoms with Gasteiger partial charge in [0.25, 0.3) is 0 Å². The summed E-state index contributed by atoms with van der Waals surface area (Å²) in [6.07, 6.45) is 13.7. The van der Waals surface area contributed by atoms with Crippen molar-refractivity contribution in [3.8, 4) is 0 Å². The van der Waals surface area contributed by atoms with Crippen molar-refractivity contribution in [2.75, 3.05) is 19.1 Å². The molecule has 0 atom stereocenters. The van der Waals surface area contributed by atoms with E-state index in [0.29, 0.717) is 5.41 Å². The lowest BCUT2D eigenvalue weighted by molar-refractivity contribution is 0.0384. The Labute approximate surface area is 124 Å². The molecule has 0 unspecified atom stereocenters. The maximum Gasteiger partial charge on any atom is 0.0468 e. The van der Waals surface area contributed by atoms with E-state index in [1.54, 1.807) is 0 Å². The molecule has 2 rings (SSSR count). The maximum atomic E-state index is 6.38. The summed E-state index contributed by atoms with van der Waals surface area (Å²) >= 11 is 6.38. The molecule has 1 saturated carbocycles. The fraction of sp³-hybridized carbons (Fsp3) is 1.00. The van der Waals surface area contributed by atoms with Gasteiger partial charge in [-0.2, -0.15) is 0 Å². The number of ether oxygens (including phenoxy) is 1. The molecule has 0 amide bonds. The average molecular weight is 287 g/mol. The van der Waals surface area contributed by atoms with Crippen molar-refractivity contribution in [3.63, 3.8) is 0 Å². The van der Waals surface area contributed by atoms with Crippen molar-refractivity contribution in [3.05, 3.63) is 0 Å². The molecule has 1 nitrogen and oxygen atoms in total. The number of halogens is 1. The van der Waals surface area contributed by atoms with Crippen LogP contribution in [0.3, 0.4) is 0 Å². The highest BCUT2D eigenvalue weighted by atomic mass is 35.5. The minimum Gasteiger partial charge on any atom is -0.381 e. The normalized spacial score (nSPS) is 33.5. The highest BCUT2D eigenvalue weighted by Gasteiger charge is 2.36. The molecule has 0 aromatic carbocycles. The fourth-order valence-corrected chi connectivity index (χ4v) is 4.40. The predicted molar refractivity (Wildman–Crippen MR) is 82.8 cm³/mol. The van der Waals surface area contributed by atoms with Gasteiger partial charge in [0.15, 0.2) is 0 Å². The van der Waals surface area contributed by atoms with Crippen LogP contribution in [0.2, 0.25) is 0 Å². The Balaban J connectivity index is 1.79. The van der Waals surface area contributed by atoms with Gasteiger partial charge in [0.1, 0.15) is 0 Å². The topological polar surface area (TPSA) is 9.23 Å². The quantitative estimate of drug-likeness (QED) is 0.593. The molecule has 0 bridgehead atoms. The summed E-state index contributed by atoms with van der Waals surface area (Å²) in [6.45, 7) is 4.25. The minimum atomic E-state index is 0.465. The van der Waals surface area contributed by atoms with Gasteiger partial charge in [-0.3, -0.25) is 0 Å². The zero-order chi connectivity index (χ0) is 13.6. The first-order valence-corrected chi connectivity index (χ1v) is 8.95. The lowest BCUT2D eigenvalue weighted by Gasteiger charge is -2.42. The molecule has 2 aliphatic rings. The van der Waals surface area contributed by atoms with Crippen molar-refractivity contribution in [2.24, 2.45) is 17.3 Å². The van der Waals surface area contributed by atoms with Gasteiger partial charge in [-0.05, 0) is 62.2 Å². The summed E-state index contributed by atoms with van der Waals surface area (Å²) in [6, 6.07) is 0. The first kappa shape index (κ1) is 15.6. The third kappa shape index (κ3) is 4.63. The summed E-state index contributed by atoms with van der Waals surface area (Å²) in [4.78, 5) is 0. The SMILES string of the molecule is CCCCC1CCC(CCl)(CC2CCOCC2)CC1. The van der Waals surface area contributed by atoms with Crippen molar-refractivity contribution < 1.29 is 4.74 Å². The van der Waals surface area contributed by atoms with Crippen molar-refractivity contribution in [1.29, 1.82) is 0 Å². The van der Waals surface area contributed by atoms with E-state index in [2.05, 4.69) is 6.92 Å². The second kappa shape index (κ2) is 7.88. The van der Waals surface area contributed by atoms with Gasteiger partial charge in [0.2, 0.25) is 0 Å². The number of hydrogen-bond acceptors (Lipinski definition) is 1. The number of rotatable bonds is 6. The average Bonchev–Trinajstić information content (AvgIpc) is 2.48. The summed E-state index contributed by atoms with van der Waals surface area (Å²) in [5.41, 5.74) is 0.465. The second-order valence-electron chi connectivity index (χ2n) is 6.98. The van der Waals surface area contributed by atoms with E-state index in [0.717, 1.165) is 30.9 Å².